The number of piperidine rings is 1. The highest BCUT2D eigenvalue weighted by atomic mass is 32.2. The van der Waals surface area contributed by atoms with Crippen molar-refractivity contribution >= 4 is 21.7 Å². The summed E-state index contributed by atoms with van der Waals surface area (Å²) in [5, 5.41) is 0. The lowest BCUT2D eigenvalue weighted by atomic mass is 9.97. The van der Waals surface area contributed by atoms with E-state index in [2.05, 4.69) is 0 Å². The number of hydrogen-bond donors (Lipinski definition) is 0. The highest BCUT2D eigenvalue weighted by Crippen LogP contribution is 2.21. The van der Waals surface area contributed by atoms with E-state index in [-0.39, 0.29) is 29.1 Å². The Kier molecular flexibility index (Phi) is 5.99. The van der Waals surface area contributed by atoms with Gasteiger partial charge in [-0.25, -0.2) is 8.42 Å². The van der Waals surface area contributed by atoms with Crippen LogP contribution in [0.2, 0.25) is 0 Å². The normalized spacial score (nSPS) is 18.2. The van der Waals surface area contributed by atoms with Crippen LogP contribution in [0, 0.1) is 5.92 Å². The predicted molar refractivity (Wildman–Crippen MR) is 89.2 cm³/mol. The van der Waals surface area contributed by atoms with Crippen molar-refractivity contribution in [2.24, 2.45) is 5.92 Å². The third-order valence-corrected chi connectivity index (χ3v) is 5.30. The van der Waals surface area contributed by atoms with Gasteiger partial charge in [0, 0.05) is 19.3 Å². The third-order valence-electron chi connectivity index (χ3n) is 4.11. The number of rotatable bonds is 5. The third kappa shape index (κ3) is 4.56. The van der Waals surface area contributed by atoms with E-state index in [0.29, 0.717) is 31.7 Å². The van der Waals surface area contributed by atoms with Crippen molar-refractivity contribution in [3.63, 3.8) is 0 Å². The number of ether oxygens (including phenoxy) is 1. The van der Waals surface area contributed by atoms with Crippen molar-refractivity contribution in [1.82, 2.24) is 4.90 Å². The molecule has 1 atom stereocenters. The number of amides is 1. The van der Waals surface area contributed by atoms with E-state index >= 15 is 0 Å². The molecule has 0 aromatic heterocycles. The van der Waals surface area contributed by atoms with Gasteiger partial charge in [0.15, 0.2) is 9.84 Å². The minimum Gasteiger partial charge on any atom is -0.466 e. The first kappa shape index (κ1) is 18.4. The molecule has 1 fully saturated rings. The molecule has 2 rings (SSSR count). The molecule has 1 aromatic rings. The summed E-state index contributed by atoms with van der Waals surface area (Å²) in [6, 6.07) is 6.52. The molecule has 0 spiro atoms. The second-order valence-corrected chi connectivity index (χ2v) is 7.97. The fraction of sp³-hybridized carbons (Fsp3) is 0.529. The summed E-state index contributed by atoms with van der Waals surface area (Å²) in [4.78, 5) is 26.2. The molecule has 1 heterocycles. The van der Waals surface area contributed by atoms with Gasteiger partial charge in [0.1, 0.15) is 0 Å². The van der Waals surface area contributed by atoms with Crippen molar-refractivity contribution in [1.29, 1.82) is 0 Å². The van der Waals surface area contributed by atoms with Gasteiger partial charge in [0.25, 0.3) is 0 Å². The topological polar surface area (TPSA) is 80.8 Å². The lowest BCUT2D eigenvalue weighted by Crippen LogP contribution is -2.43. The fourth-order valence-electron chi connectivity index (χ4n) is 2.94. The van der Waals surface area contributed by atoms with Gasteiger partial charge >= 0.3 is 5.97 Å². The number of carbonyl (C=O) groups is 2. The molecule has 132 valence electrons. The van der Waals surface area contributed by atoms with Gasteiger partial charge < -0.3 is 9.64 Å². The molecule has 7 heteroatoms. The summed E-state index contributed by atoms with van der Waals surface area (Å²) in [6.45, 7) is 2.99. The number of carbonyl (C=O) groups excluding carboxylic acids is 2. The van der Waals surface area contributed by atoms with Crippen LogP contribution < -0.4 is 0 Å². The summed E-state index contributed by atoms with van der Waals surface area (Å²) in [6.07, 6.45) is 2.60. The number of nitrogens with zero attached hydrogens (tertiary/aromatic N) is 1. The number of sulfone groups is 1. The second kappa shape index (κ2) is 7.79. The van der Waals surface area contributed by atoms with E-state index in [4.69, 9.17) is 4.74 Å². The Bertz CT molecular complexity index is 713. The van der Waals surface area contributed by atoms with Crippen molar-refractivity contribution in [3.05, 3.63) is 29.8 Å². The Hall–Kier alpha value is -1.89. The summed E-state index contributed by atoms with van der Waals surface area (Å²) in [5.74, 6) is -0.737. The van der Waals surface area contributed by atoms with Gasteiger partial charge in [0.05, 0.1) is 23.8 Å². The molecular weight excluding hydrogens is 330 g/mol. The van der Waals surface area contributed by atoms with Gasteiger partial charge in [-0.1, -0.05) is 18.2 Å². The first-order chi connectivity index (χ1) is 11.3. The minimum absolute atomic E-state index is 0.0127. The molecule has 0 radical (unpaired) electrons. The summed E-state index contributed by atoms with van der Waals surface area (Å²) in [7, 11) is -3.39. The largest absolute Gasteiger partial charge is 0.466 e. The predicted octanol–water partition coefficient (Wildman–Crippen LogP) is 1.43. The van der Waals surface area contributed by atoms with Crippen molar-refractivity contribution < 1.29 is 22.7 Å². The van der Waals surface area contributed by atoms with Gasteiger partial charge in [0.2, 0.25) is 5.91 Å². The lowest BCUT2D eigenvalue weighted by Gasteiger charge is -2.31. The summed E-state index contributed by atoms with van der Waals surface area (Å²) < 4.78 is 28.7. The van der Waals surface area contributed by atoms with Crippen LogP contribution in [0.1, 0.15) is 25.3 Å². The molecule has 6 nitrogen and oxygen atoms in total. The Morgan fingerprint density at radius 3 is 2.67 bits per heavy atom. The SMILES string of the molecule is CCOC(=O)C1CCCN(C(=O)Cc2ccccc2S(C)(=O)=O)C1. The van der Waals surface area contributed by atoms with E-state index < -0.39 is 9.84 Å². The van der Waals surface area contributed by atoms with Crippen LogP contribution >= 0.6 is 0 Å². The van der Waals surface area contributed by atoms with Crippen LogP contribution in [-0.4, -0.2) is 51.1 Å². The van der Waals surface area contributed by atoms with Gasteiger partial charge in [-0.3, -0.25) is 9.59 Å². The van der Waals surface area contributed by atoms with E-state index in [1.54, 1.807) is 30.0 Å². The van der Waals surface area contributed by atoms with E-state index in [1.807, 2.05) is 0 Å². The van der Waals surface area contributed by atoms with Gasteiger partial charge in [-0.15, -0.1) is 0 Å². The monoisotopic (exact) mass is 353 g/mol. The van der Waals surface area contributed by atoms with Crippen molar-refractivity contribution in [2.45, 2.75) is 31.1 Å². The van der Waals surface area contributed by atoms with Gasteiger partial charge in [-0.2, -0.15) is 0 Å². The highest BCUT2D eigenvalue weighted by Gasteiger charge is 2.29. The van der Waals surface area contributed by atoms with Crippen LogP contribution in [0.4, 0.5) is 0 Å². The number of likely N-dealkylation sites (tertiary alicyclic amines) is 1. The zero-order chi connectivity index (χ0) is 17.7. The van der Waals surface area contributed by atoms with E-state index in [0.717, 1.165) is 12.7 Å². The molecule has 1 unspecified atom stereocenters. The number of esters is 1. The van der Waals surface area contributed by atoms with E-state index in [9.17, 15) is 18.0 Å². The molecule has 0 N–H and O–H groups in total. The Morgan fingerprint density at radius 2 is 2.00 bits per heavy atom. The Morgan fingerprint density at radius 1 is 1.29 bits per heavy atom. The molecule has 1 aromatic carbocycles. The maximum absolute atomic E-state index is 12.6. The quantitative estimate of drug-likeness (QED) is 0.748. The zero-order valence-electron chi connectivity index (χ0n) is 14.0. The second-order valence-electron chi connectivity index (χ2n) is 5.99. The zero-order valence-corrected chi connectivity index (χ0v) is 14.8. The molecule has 1 saturated heterocycles. The highest BCUT2D eigenvalue weighted by molar-refractivity contribution is 7.90. The molecule has 1 aliphatic rings. The molecule has 24 heavy (non-hydrogen) atoms. The molecule has 0 bridgehead atoms. The molecule has 1 amide bonds. The van der Waals surface area contributed by atoms with Crippen LogP contribution in [0.5, 0.6) is 0 Å². The Balaban J connectivity index is 2.09. The van der Waals surface area contributed by atoms with E-state index in [1.165, 1.54) is 6.07 Å². The molecule has 0 saturated carbocycles. The molecule has 1 aliphatic heterocycles. The maximum atomic E-state index is 12.6. The van der Waals surface area contributed by atoms with Crippen LogP contribution in [0.25, 0.3) is 0 Å². The van der Waals surface area contributed by atoms with Crippen molar-refractivity contribution in [2.75, 3.05) is 26.0 Å². The van der Waals surface area contributed by atoms with Crippen LogP contribution in [0.15, 0.2) is 29.2 Å². The first-order valence-electron chi connectivity index (χ1n) is 8.05. The number of benzene rings is 1. The lowest BCUT2D eigenvalue weighted by molar-refractivity contribution is -0.151. The molecule has 0 aliphatic carbocycles. The summed E-state index contributed by atoms with van der Waals surface area (Å²) >= 11 is 0. The maximum Gasteiger partial charge on any atom is 0.310 e. The molecular formula is C17H23NO5S. The van der Waals surface area contributed by atoms with Crippen LogP contribution in [0.3, 0.4) is 0 Å². The average molecular weight is 353 g/mol. The minimum atomic E-state index is -3.39. The van der Waals surface area contributed by atoms with Gasteiger partial charge in [-0.05, 0) is 31.4 Å². The average Bonchev–Trinajstić information content (AvgIpc) is 2.54. The van der Waals surface area contributed by atoms with Crippen molar-refractivity contribution in [3.8, 4) is 0 Å². The summed E-state index contributed by atoms with van der Waals surface area (Å²) in [5.41, 5.74) is 0.489. The fourth-order valence-corrected chi connectivity index (χ4v) is 3.88. The number of hydrogen-bond acceptors (Lipinski definition) is 5. The first-order valence-corrected chi connectivity index (χ1v) is 9.94. The van der Waals surface area contributed by atoms with Crippen LogP contribution in [-0.2, 0) is 30.6 Å². The smallest absolute Gasteiger partial charge is 0.310 e. The Labute approximate surface area is 142 Å². The standard InChI is InChI=1S/C17H23NO5S/c1-3-23-17(20)14-8-6-10-18(12-14)16(19)11-13-7-4-5-9-15(13)24(2,21)22/h4-5,7,9,14H,3,6,8,10-12H2,1-2H3.